The summed E-state index contributed by atoms with van der Waals surface area (Å²) in [5, 5.41) is 0. The van der Waals surface area contributed by atoms with Crippen molar-refractivity contribution >= 4 is 12.1 Å². The van der Waals surface area contributed by atoms with Crippen molar-refractivity contribution in [2.75, 3.05) is 13.1 Å². The van der Waals surface area contributed by atoms with Crippen LogP contribution < -0.4 is 9.47 Å². The van der Waals surface area contributed by atoms with E-state index in [9.17, 15) is 9.59 Å². The number of carbonyl (C=O) groups is 2. The molecule has 0 bridgehead atoms. The smallest absolute Gasteiger partial charge is 0.415 e. The van der Waals surface area contributed by atoms with Gasteiger partial charge >= 0.3 is 12.1 Å². The lowest BCUT2D eigenvalue weighted by atomic mass is 9.86. The van der Waals surface area contributed by atoms with Gasteiger partial charge in [0.25, 0.3) is 0 Å². The SMILES string of the molecule is CCCCc1ccc(C(=O)Oc2c(C)cc(C(C)(C)C)cc2OC(=O)N(CC)CC)cc1. The number of esters is 1. The van der Waals surface area contributed by atoms with Crippen LogP contribution in [0, 0.1) is 6.92 Å². The van der Waals surface area contributed by atoms with Crippen LogP contribution in [0.3, 0.4) is 0 Å². The number of nitrogens with zero attached hydrogens (tertiary/aromatic N) is 1. The predicted molar refractivity (Wildman–Crippen MR) is 129 cm³/mol. The topological polar surface area (TPSA) is 55.8 Å². The Morgan fingerprint density at radius 1 is 0.938 bits per heavy atom. The maximum absolute atomic E-state index is 12.9. The minimum absolute atomic E-state index is 0.155. The van der Waals surface area contributed by atoms with Crippen molar-refractivity contribution in [1.29, 1.82) is 0 Å². The maximum atomic E-state index is 12.9. The number of aryl methyl sites for hydroxylation is 2. The number of carbonyl (C=O) groups excluding carboxylic acids is 2. The van der Waals surface area contributed by atoms with Gasteiger partial charge in [-0.15, -0.1) is 0 Å². The number of amides is 1. The average molecular weight is 440 g/mol. The van der Waals surface area contributed by atoms with Gasteiger partial charge in [-0.3, -0.25) is 0 Å². The molecule has 174 valence electrons. The number of ether oxygens (including phenoxy) is 2. The molecule has 2 aromatic carbocycles. The number of rotatable bonds is 8. The zero-order chi connectivity index (χ0) is 23.9. The number of unbranched alkanes of at least 4 members (excludes halogenated alkanes) is 1. The van der Waals surface area contributed by atoms with Crippen LogP contribution in [0.1, 0.15) is 81.4 Å². The Labute approximate surface area is 192 Å². The van der Waals surface area contributed by atoms with Crippen molar-refractivity contribution in [3.8, 4) is 11.5 Å². The summed E-state index contributed by atoms with van der Waals surface area (Å²) in [5.74, 6) is 0.0668. The lowest BCUT2D eigenvalue weighted by molar-refractivity contribution is 0.0726. The summed E-state index contributed by atoms with van der Waals surface area (Å²) in [6.45, 7) is 15.1. The molecule has 0 heterocycles. The second kappa shape index (κ2) is 11.2. The highest BCUT2D eigenvalue weighted by Gasteiger charge is 2.24. The Balaban J connectivity index is 2.36. The van der Waals surface area contributed by atoms with Crippen molar-refractivity contribution in [2.45, 2.75) is 73.1 Å². The van der Waals surface area contributed by atoms with E-state index >= 15 is 0 Å². The molecule has 5 heteroatoms. The molecule has 32 heavy (non-hydrogen) atoms. The molecule has 0 atom stereocenters. The van der Waals surface area contributed by atoms with Gasteiger partial charge in [-0.1, -0.05) is 52.3 Å². The Bertz CT molecular complexity index is 922. The van der Waals surface area contributed by atoms with Crippen LogP contribution >= 0.6 is 0 Å². The molecule has 0 radical (unpaired) electrons. The zero-order valence-electron chi connectivity index (χ0n) is 20.6. The first kappa shape index (κ1) is 25.4. The van der Waals surface area contributed by atoms with Crippen molar-refractivity contribution in [2.24, 2.45) is 0 Å². The molecule has 0 aromatic heterocycles. The van der Waals surface area contributed by atoms with Gasteiger partial charge in [-0.25, -0.2) is 9.59 Å². The van der Waals surface area contributed by atoms with Crippen LogP contribution in [0.15, 0.2) is 36.4 Å². The molecular weight excluding hydrogens is 402 g/mol. The van der Waals surface area contributed by atoms with E-state index in [1.807, 2.05) is 39.0 Å². The Kier molecular flexibility index (Phi) is 8.88. The first-order valence-corrected chi connectivity index (χ1v) is 11.5. The van der Waals surface area contributed by atoms with E-state index in [-0.39, 0.29) is 16.9 Å². The molecule has 0 aliphatic carbocycles. The Morgan fingerprint density at radius 3 is 2.09 bits per heavy atom. The molecule has 0 saturated carbocycles. The summed E-state index contributed by atoms with van der Waals surface area (Å²) < 4.78 is 11.5. The predicted octanol–water partition coefficient (Wildman–Crippen LogP) is 6.69. The molecule has 0 unspecified atom stereocenters. The van der Waals surface area contributed by atoms with Crippen molar-refractivity contribution in [1.82, 2.24) is 4.90 Å². The first-order chi connectivity index (χ1) is 15.1. The summed E-state index contributed by atoms with van der Waals surface area (Å²) in [4.78, 5) is 27.1. The summed E-state index contributed by atoms with van der Waals surface area (Å²) >= 11 is 0. The highest BCUT2D eigenvalue weighted by molar-refractivity contribution is 5.91. The normalized spacial score (nSPS) is 11.2. The van der Waals surface area contributed by atoms with Gasteiger partial charge in [0, 0.05) is 13.1 Å². The summed E-state index contributed by atoms with van der Waals surface area (Å²) in [5.41, 5.74) is 3.25. The Hall–Kier alpha value is -2.82. The molecule has 0 aliphatic rings. The molecule has 5 nitrogen and oxygen atoms in total. The molecule has 1 amide bonds. The van der Waals surface area contributed by atoms with E-state index in [0.717, 1.165) is 30.4 Å². The Morgan fingerprint density at radius 2 is 1.56 bits per heavy atom. The lowest BCUT2D eigenvalue weighted by Crippen LogP contribution is -2.33. The molecule has 2 rings (SSSR count). The van der Waals surface area contributed by atoms with Crippen molar-refractivity contribution in [3.05, 3.63) is 58.7 Å². The lowest BCUT2D eigenvalue weighted by Gasteiger charge is -2.24. The van der Waals surface area contributed by atoms with Crippen molar-refractivity contribution in [3.63, 3.8) is 0 Å². The number of benzene rings is 2. The van der Waals surface area contributed by atoms with Gasteiger partial charge in [0.1, 0.15) is 0 Å². The van der Waals surface area contributed by atoms with Crippen LogP contribution in [0.2, 0.25) is 0 Å². The third-order valence-corrected chi connectivity index (χ3v) is 5.53. The van der Waals surface area contributed by atoms with Crippen LogP contribution in [0.5, 0.6) is 11.5 Å². The third kappa shape index (κ3) is 6.59. The standard InChI is InChI=1S/C27H37NO4/c1-8-11-12-20-13-15-21(16-14-20)25(29)32-24-19(4)17-22(27(5,6)7)18-23(24)31-26(30)28(9-2)10-3/h13-18H,8-12H2,1-7H3. The molecule has 0 saturated heterocycles. The van der Waals surface area contributed by atoms with E-state index in [0.29, 0.717) is 18.7 Å². The highest BCUT2D eigenvalue weighted by Crippen LogP contribution is 2.37. The van der Waals surface area contributed by atoms with Crippen LogP contribution in [-0.2, 0) is 11.8 Å². The minimum Gasteiger partial charge on any atom is -0.419 e. The summed E-state index contributed by atoms with van der Waals surface area (Å²) in [6, 6.07) is 11.3. The van der Waals surface area contributed by atoms with Gasteiger partial charge in [0.15, 0.2) is 11.5 Å². The first-order valence-electron chi connectivity index (χ1n) is 11.5. The minimum atomic E-state index is -0.473. The quantitative estimate of drug-likeness (QED) is 0.339. The van der Waals surface area contributed by atoms with E-state index < -0.39 is 12.1 Å². The molecule has 0 spiro atoms. The largest absolute Gasteiger partial charge is 0.419 e. The van der Waals surface area contributed by atoms with Gasteiger partial charge < -0.3 is 14.4 Å². The van der Waals surface area contributed by atoms with E-state index in [1.54, 1.807) is 23.1 Å². The summed E-state index contributed by atoms with van der Waals surface area (Å²) in [6.07, 6.45) is 2.77. The third-order valence-electron chi connectivity index (χ3n) is 5.53. The molecular formula is C27H37NO4. The van der Waals surface area contributed by atoms with E-state index in [4.69, 9.17) is 9.47 Å². The average Bonchev–Trinajstić information content (AvgIpc) is 2.74. The van der Waals surface area contributed by atoms with Crippen LogP contribution in [0.4, 0.5) is 4.79 Å². The molecule has 2 aromatic rings. The number of hydrogen-bond acceptors (Lipinski definition) is 4. The van der Waals surface area contributed by atoms with Gasteiger partial charge in [-0.2, -0.15) is 0 Å². The van der Waals surface area contributed by atoms with Gasteiger partial charge in [0.2, 0.25) is 0 Å². The maximum Gasteiger partial charge on any atom is 0.415 e. The van der Waals surface area contributed by atoms with Crippen LogP contribution in [0.25, 0.3) is 0 Å². The van der Waals surface area contributed by atoms with Gasteiger partial charge in [-0.05, 0) is 73.9 Å². The van der Waals surface area contributed by atoms with Crippen molar-refractivity contribution < 1.29 is 19.1 Å². The second-order valence-corrected chi connectivity index (χ2v) is 9.10. The fraction of sp³-hybridized carbons (Fsp3) is 0.481. The fourth-order valence-corrected chi connectivity index (χ4v) is 3.36. The van der Waals surface area contributed by atoms with E-state index in [2.05, 4.69) is 27.7 Å². The monoisotopic (exact) mass is 439 g/mol. The highest BCUT2D eigenvalue weighted by atomic mass is 16.6. The second-order valence-electron chi connectivity index (χ2n) is 9.10. The fourth-order valence-electron chi connectivity index (χ4n) is 3.36. The molecule has 0 aliphatic heterocycles. The molecule has 0 fully saturated rings. The number of hydrogen-bond donors (Lipinski definition) is 0. The van der Waals surface area contributed by atoms with E-state index in [1.165, 1.54) is 5.56 Å². The van der Waals surface area contributed by atoms with Crippen LogP contribution in [-0.4, -0.2) is 30.1 Å². The zero-order valence-corrected chi connectivity index (χ0v) is 20.6. The summed E-state index contributed by atoms with van der Waals surface area (Å²) in [7, 11) is 0. The molecule has 0 N–H and O–H groups in total. The van der Waals surface area contributed by atoms with Gasteiger partial charge in [0.05, 0.1) is 5.56 Å².